The van der Waals surface area contributed by atoms with E-state index >= 15 is 0 Å². The summed E-state index contributed by atoms with van der Waals surface area (Å²) in [4.78, 5) is 11.7. The van der Waals surface area contributed by atoms with Gasteiger partial charge in [0.1, 0.15) is 12.3 Å². The molecule has 1 aromatic heterocycles. The van der Waals surface area contributed by atoms with Gasteiger partial charge in [0.25, 0.3) is 0 Å². The molecule has 0 saturated heterocycles. The number of amides is 1. The lowest BCUT2D eigenvalue weighted by atomic mass is 10.2. The number of aromatic nitrogens is 1. The number of unbranched alkanes of at least 4 members (excludes halogenated alkanes) is 1. The van der Waals surface area contributed by atoms with Gasteiger partial charge in [-0.2, -0.15) is 0 Å². The number of nitrogens with zero attached hydrogens (tertiary/aromatic N) is 1. The number of nitrogens with one attached hydrogen (secondary N) is 1. The van der Waals surface area contributed by atoms with Gasteiger partial charge in [-0.05, 0) is 18.6 Å². The molecule has 1 aromatic carbocycles. The largest absolute Gasteiger partial charge is 0.506 e. The van der Waals surface area contributed by atoms with Crippen LogP contribution in [0.5, 0.6) is 5.75 Å². The molecule has 0 aliphatic rings. The molecule has 4 heteroatoms. The summed E-state index contributed by atoms with van der Waals surface area (Å²) < 4.78 is 2.10. The normalized spacial score (nSPS) is 10.2. The SMILES string of the molecule is O=C(CCCC[n+]1ccccc1)Nc1ccccc1O. The van der Waals surface area contributed by atoms with Gasteiger partial charge in [-0.15, -0.1) is 0 Å². The van der Waals surface area contributed by atoms with E-state index in [2.05, 4.69) is 9.88 Å². The predicted molar refractivity (Wildman–Crippen MR) is 77.2 cm³/mol. The van der Waals surface area contributed by atoms with Gasteiger partial charge in [-0.3, -0.25) is 4.79 Å². The molecule has 20 heavy (non-hydrogen) atoms. The Balaban J connectivity index is 1.69. The monoisotopic (exact) mass is 271 g/mol. The maximum atomic E-state index is 11.7. The Hall–Kier alpha value is -2.36. The van der Waals surface area contributed by atoms with Gasteiger partial charge in [0.05, 0.1) is 5.69 Å². The fraction of sp³-hybridized carbons (Fsp3) is 0.250. The van der Waals surface area contributed by atoms with E-state index in [1.54, 1.807) is 24.3 Å². The van der Waals surface area contributed by atoms with E-state index in [1.807, 2.05) is 30.6 Å². The van der Waals surface area contributed by atoms with Gasteiger partial charge in [0, 0.05) is 25.0 Å². The number of pyridine rings is 1. The molecule has 0 fully saturated rings. The number of rotatable bonds is 6. The molecule has 0 aliphatic carbocycles. The number of carbonyl (C=O) groups is 1. The molecule has 0 unspecified atom stereocenters. The molecule has 1 amide bonds. The van der Waals surface area contributed by atoms with Crippen LogP contribution in [0.15, 0.2) is 54.9 Å². The van der Waals surface area contributed by atoms with E-state index in [0.29, 0.717) is 12.1 Å². The minimum atomic E-state index is -0.0652. The Morgan fingerprint density at radius 1 is 1.05 bits per heavy atom. The van der Waals surface area contributed by atoms with Crippen molar-refractivity contribution in [3.05, 3.63) is 54.9 Å². The number of aromatic hydroxyl groups is 1. The second kappa shape index (κ2) is 7.28. The molecule has 1 heterocycles. The first kappa shape index (κ1) is 14.1. The van der Waals surface area contributed by atoms with E-state index in [9.17, 15) is 9.90 Å². The Labute approximate surface area is 118 Å². The first-order valence-electron chi connectivity index (χ1n) is 6.77. The standard InChI is InChI=1S/C16H18N2O2/c19-15-9-3-2-8-14(15)17-16(20)10-4-7-13-18-11-5-1-6-12-18/h1-3,5-6,8-9,11-12H,4,7,10,13H2,(H-,17,19,20)/p+1. The Bertz CT molecular complexity index is 555. The van der Waals surface area contributed by atoms with E-state index in [1.165, 1.54) is 0 Å². The summed E-state index contributed by atoms with van der Waals surface area (Å²) in [6, 6.07) is 12.7. The van der Waals surface area contributed by atoms with Crippen LogP contribution in [0.1, 0.15) is 19.3 Å². The van der Waals surface area contributed by atoms with Crippen molar-refractivity contribution in [2.24, 2.45) is 0 Å². The van der Waals surface area contributed by atoms with Crippen molar-refractivity contribution < 1.29 is 14.5 Å². The van der Waals surface area contributed by atoms with Crippen LogP contribution in [-0.2, 0) is 11.3 Å². The van der Waals surface area contributed by atoms with Crippen LogP contribution >= 0.6 is 0 Å². The number of para-hydroxylation sites is 2. The van der Waals surface area contributed by atoms with Gasteiger partial charge >= 0.3 is 0 Å². The van der Waals surface area contributed by atoms with Gasteiger partial charge in [-0.25, -0.2) is 4.57 Å². The molecule has 2 rings (SSSR count). The quantitative estimate of drug-likeness (QED) is 0.482. The van der Waals surface area contributed by atoms with Crippen LogP contribution in [0, 0.1) is 0 Å². The zero-order valence-corrected chi connectivity index (χ0v) is 11.3. The molecule has 0 bridgehead atoms. The van der Waals surface area contributed by atoms with Crippen molar-refractivity contribution in [2.45, 2.75) is 25.8 Å². The van der Waals surface area contributed by atoms with E-state index in [4.69, 9.17) is 0 Å². The van der Waals surface area contributed by atoms with Crippen LogP contribution in [-0.4, -0.2) is 11.0 Å². The van der Waals surface area contributed by atoms with Crippen molar-refractivity contribution in [1.82, 2.24) is 0 Å². The summed E-state index contributed by atoms with van der Waals surface area (Å²) in [5.74, 6) is 0.0326. The van der Waals surface area contributed by atoms with Gasteiger partial charge in [-0.1, -0.05) is 18.2 Å². The van der Waals surface area contributed by atoms with Crippen molar-refractivity contribution >= 4 is 11.6 Å². The number of carbonyl (C=O) groups excluding carboxylic acids is 1. The van der Waals surface area contributed by atoms with Crippen molar-refractivity contribution in [1.29, 1.82) is 0 Å². The summed E-state index contributed by atoms with van der Waals surface area (Å²) in [5.41, 5.74) is 0.468. The second-order valence-corrected chi connectivity index (χ2v) is 4.64. The molecule has 0 spiro atoms. The maximum absolute atomic E-state index is 11.7. The van der Waals surface area contributed by atoms with E-state index in [0.717, 1.165) is 19.4 Å². The fourth-order valence-electron chi connectivity index (χ4n) is 1.96. The smallest absolute Gasteiger partial charge is 0.224 e. The van der Waals surface area contributed by atoms with Crippen molar-refractivity contribution in [3.63, 3.8) is 0 Å². The highest BCUT2D eigenvalue weighted by atomic mass is 16.3. The number of hydrogen-bond acceptors (Lipinski definition) is 2. The number of phenols is 1. The summed E-state index contributed by atoms with van der Waals surface area (Å²) in [7, 11) is 0. The number of phenolic OH excluding ortho intramolecular Hbond substituents is 1. The predicted octanol–water partition coefficient (Wildman–Crippen LogP) is 2.49. The highest BCUT2D eigenvalue weighted by Gasteiger charge is 2.06. The molecule has 0 saturated carbocycles. The summed E-state index contributed by atoms with van der Waals surface area (Å²) in [6.07, 6.45) is 6.26. The highest BCUT2D eigenvalue weighted by molar-refractivity contribution is 5.92. The number of hydrogen-bond donors (Lipinski definition) is 2. The first-order valence-corrected chi connectivity index (χ1v) is 6.77. The fourth-order valence-corrected chi connectivity index (χ4v) is 1.96. The van der Waals surface area contributed by atoms with Crippen LogP contribution in [0.4, 0.5) is 5.69 Å². The Kier molecular flexibility index (Phi) is 5.12. The molecule has 0 atom stereocenters. The molecular formula is C16H19N2O2+. The lowest BCUT2D eigenvalue weighted by molar-refractivity contribution is -0.697. The molecular weight excluding hydrogens is 252 g/mol. The van der Waals surface area contributed by atoms with Crippen LogP contribution in [0.25, 0.3) is 0 Å². The topological polar surface area (TPSA) is 53.2 Å². The van der Waals surface area contributed by atoms with Gasteiger partial charge < -0.3 is 10.4 Å². The molecule has 0 radical (unpaired) electrons. The van der Waals surface area contributed by atoms with Gasteiger partial charge in [0.15, 0.2) is 12.4 Å². The third kappa shape index (κ3) is 4.39. The number of benzene rings is 1. The molecule has 2 aromatic rings. The Morgan fingerprint density at radius 2 is 1.80 bits per heavy atom. The lowest BCUT2D eigenvalue weighted by Crippen LogP contribution is -2.32. The first-order chi connectivity index (χ1) is 9.75. The zero-order chi connectivity index (χ0) is 14.2. The average molecular weight is 271 g/mol. The third-order valence-electron chi connectivity index (χ3n) is 3.03. The summed E-state index contributed by atoms with van der Waals surface area (Å²) >= 11 is 0. The molecule has 0 aliphatic heterocycles. The average Bonchev–Trinajstić information content (AvgIpc) is 2.47. The van der Waals surface area contributed by atoms with E-state index in [-0.39, 0.29) is 11.7 Å². The van der Waals surface area contributed by atoms with E-state index < -0.39 is 0 Å². The molecule has 4 nitrogen and oxygen atoms in total. The maximum Gasteiger partial charge on any atom is 0.224 e. The minimum absolute atomic E-state index is 0.0652. The van der Waals surface area contributed by atoms with Crippen molar-refractivity contribution in [2.75, 3.05) is 5.32 Å². The molecule has 2 N–H and O–H groups in total. The van der Waals surface area contributed by atoms with Gasteiger partial charge in [0.2, 0.25) is 5.91 Å². The lowest BCUT2D eigenvalue weighted by Gasteiger charge is -2.06. The minimum Gasteiger partial charge on any atom is -0.506 e. The second-order valence-electron chi connectivity index (χ2n) is 4.64. The highest BCUT2D eigenvalue weighted by Crippen LogP contribution is 2.21. The summed E-state index contributed by atoms with van der Waals surface area (Å²) in [5, 5.41) is 12.3. The zero-order valence-electron chi connectivity index (χ0n) is 11.3. The van der Waals surface area contributed by atoms with Crippen LogP contribution in [0.3, 0.4) is 0 Å². The van der Waals surface area contributed by atoms with Crippen molar-refractivity contribution in [3.8, 4) is 5.75 Å². The molecule has 104 valence electrons. The number of aryl methyl sites for hydroxylation is 1. The Morgan fingerprint density at radius 3 is 2.55 bits per heavy atom. The third-order valence-corrected chi connectivity index (χ3v) is 3.03. The van der Waals surface area contributed by atoms with Crippen LogP contribution in [0.2, 0.25) is 0 Å². The van der Waals surface area contributed by atoms with Crippen LogP contribution < -0.4 is 9.88 Å². The summed E-state index contributed by atoms with van der Waals surface area (Å²) in [6.45, 7) is 0.907. The number of anilines is 1.